The van der Waals surface area contributed by atoms with E-state index in [2.05, 4.69) is 6.58 Å². The fourth-order valence-electron chi connectivity index (χ4n) is 2.24. The van der Waals surface area contributed by atoms with Crippen molar-refractivity contribution in [3.63, 3.8) is 0 Å². The van der Waals surface area contributed by atoms with Crippen LogP contribution in [0.1, 0.15) is 32.1 Å². The van der Waals surface area contributed by atoms with Crippen molar-refractivity contribution < 1.29 is 27.9 Å². The van der Waals surface area contributed by atoms with Crippen molar-refractivity contribution in [1.82, 2.24) is 5.32 Å². The van der Waals surface area contributed by atoms with Gasteiger partial charge in [0, 0.05) is 5.92 Å². The molecule has 19 heavy (non-hydrogen) atoms. The van der Waals surface area contributed by atoms with Crippen LogP contribution >= 0.6 is 0 Å². The lowest BCUT2D eigenvalue weighted by atomic mass is 9.88. The number of carboxylic acids is 1. The fourth-order valence-corrected chi connectivity index (χ4v) is 2.24. The summed E-state index contributed by atoms with van der Waals surface area (Å²) in [5.74, 6) is -4.34. The Morgan fingerprint density at radius 2 is 1.95 bits per heavy atom. The van der Waals surface area contributed by atoms with Crippen LogP contribution in [-0.4, -0.2) is 29.2 Å². The van der Waals surface area contributed by atoms with E-state index in [1.165, 1.54) is 0 Å². The van der Waals surface area contributed by atoms with Crippen molar-refractivity contribution in [1.29, 1.82) is 0 Å². The lowest BCUT2D eigenvalue weighted by Crippen LogP contribution is -2.50. The van der Waals surface area contributed by atoms with Gasteiger partial charge in [-0.25, -0.2) is 4.79 Å². The molecule has 0 aliphatic heterocycles. The van der Waals surface area contributed by atoms with Crippen molar-refractivity contribution in [2.75, 3.05) is 0 Å². The summed E-state index contributed by atoms with van der Waals surface area (Å²) in [5.41, 5.74) is 0.590. The molecule has 0 bridgehead atoms. The summed E-state index contributed by atoms with van der Waals surface area (Å²) in [7, 11) is 0. The van der Waals surface area contributed by atoms with Gasteiger partial charge in [0.25, 0.3) is 0 Å². The number of carbonyl (C=O) groups excluding carboxylic acids is 1. The number of carbonyl (C=O) groups is 2. The van der Waals surface area contributed by atoms with Crippen LogP contribution in [0.15, 0.2) is 12.2 Å². The van der Waals surface area contributed by atoms with Crippen molar-refractivity contribution in [3.8, 4) is 0 Å². The zero-order chi connectivity index (χ0) is 14.6. The number of halogens is 3. The molecule has 1 aliphatic rings. The van der Waals surface area contributed by atoms with Gasteiger partial charge in [-0.1, -0.05) is 25.0 Å². The van der Waals surface area contributed by atoms with Crippen LogP contribution in [0.25, 0.3) is 0 Å². The number of amides is 1. The predicted molar refractivity (Wildman–Crippen MR) is 61.3 cm³/mol. The molecule has 1 saturated carbocycles. The van der Waals surface area contributed by atoms with E-state index in [0.717, 1.165) is 19.3 Å². The molecule has 2 atom stereocenters. The molecular weight excluding hydrogens is 263 g/mol. The van der Waals surface area contributed by atoms with E-state index in [0.29, 0.717) is 18.4 Å². The van der Waals surface area contributed by atoms with E-state index < -0.39 is 30.0 Å². The highest BCUT2D eigenvalue weighted by molar-refractivity contribution is 5.87. The Bertz CT molecular complexity index is 379. The minimum Gasteiger partial charge on any atom is -0.480 e. The van der Waals surface area contributed by atoms with E-state index in [9.17, 15) is 22.8 Å². The van der Waals surface area contributed by atoms with E-state index in [-0.39, 0.29) is 0 Å². The Balaban J connectivity index is 2.84. The average molecular weight is 279 g/mol. The van der Waals surface area contributed by atoms with E-state index in [1.54, 1.807) is 5.32 Å². The Morgan fingerprint density at radius 3 is 2.47 bits per heavy atom. The standard InChI is InChI=1S/C12H16F3NO3/c1-7-5-3-2-4-6-8(7)9(10(17)18)16-11(19)12(13,14)15/h8-9H,1-6H2,(H,16,19)(H,17,18)/t8-,9-/m1/s1. The van der Waals surface area contributed by atoms with Gasteiger partial charge in [-0.15, -0.1) is 0 Å². The fraction of sp³-hybridized carbons (Fsp3) is 0.667. The summed E-state index contributed by atoms with van der Waals surface area (Å²) in [4.78, 5) is 22.0. The van der Waals surface area contributed by atoms with Gasteiger partial charge in [0.2, 0.25) is 0 Å². The lowest BCUT2D eigenvalue weighted by molar-refractivity contribution is -0.176. The van der Waals surface area contributed by atoms with Crippen LogP contribution in [0, 0.1) is 5.92 Å². The van der Waals surface area contributed by atoms with Crippen molar-refractivity contribution in [2.45, 2.75) is 44.3 Å². The number of alkyl halides is 3. The molecule has 0 aromatic carbocycles. The van der Waals surface area contributed by atoms with Gasteiger partial charge in [-0.3, -0.25) is 4.79 Å². The van der Waals surface area contributed by atoms with Gasteiger partial charge in [0.1, 0.15) is 6.04 Å². The first kappa shape index (κ1) is 15.5. The van der Waals surface area contributed by atoms with Crippen molar-refractivity contribution in [3.05, 3.63) is 12.2 Å². The maximum absolute atomic E-state index is 12.2. The third-order valence-corrected chi connectivity index (χ3v) is 3.25. The average Bonchev–Trinajstić information content (AvgIpc) is 2.49. The maximum Gasteiger partial charge on any atom is 0.471 e. The first-order chi connectivity index (χ1) is 8.73. The monoisotopic (exact) mass is 279 g/mol. The molecule has 4 nitrogen and oxygen atoms in total. The largest absolute Gasteiger partial charge is 0.480 e. The summed E-state index contributed by atoms with van der Waals surface area (Å²) in [6.07, 6.45) is -1.64. The predicted octanol–water partition coefficient (Wildman–Crippen LogP) is 2.25. The highest BCUT2D eigenvalue weighted by Gasteiger charge is 2.43. The first-order valence-electron chi connectivity index (χ1n) is 6.01. The molecule has 1 rings (SSSR count). The summed E-state index contributed by atoms with van der Waals surface area (Å²) < 4.78 is 36.6. The van der Waals surface area contributed by atoms with Crippen LogP contribution < -0.4 is 5.32 Å². The Morgan fingerprint density at radius 1 is 1.32 bits per heavy atom. The quantitative estimate of drug-likeness (QED) is 0.615. The molecule has 0 heterocycles. The van der Waals surface area contributed by atoms with Gasteiger partial charge >= 0.3 is 18.1 Å². The molecule has 0 aromatic heterocycles. The van der Waals surface area contributed by atoms with Gasteiger partial charge in [0.05, 0.1) is 0 Å². The molecule has 1 aliphatic carbocycles. The summed E-state index contributed by atoms with van der Waals surface area (Å²) in [6.45, 7) is 3.73. The molecule has 0 spiro atoms. The third kappa shape index (κ3) is 4.25. The van der Waals surface area contributed by atoms with Gasteiger partial charge < -0.3 is 10.4 Å². The zero-order valence-electron chi connectivity index (χ0n) is 10.3. The normalized spacial score (nSPS) is 22.5. The topological polar surface area (TPSA) is 66.4 Å². The summed E-state index contributed by atoms with van der Waals surface area (Å²) >= 11 is 0. The number of aliphatic carboxylic acids is 1. The first-order valence-corrected chi connectivity index (χ1v) is 6.01. The molecule has 0 radical (unpaired) electrons. The molecule has 108 valence electrons. The van der Waals surface area contributed by atoms with Crippen LogP contribution in [0.4, 0.5) is 13.2 Å². The number of hydrogen-bond acceptors (Lipinski definition) is 2. The Labute approximate surface area is 108 Å². The van der Waals surface area contributed by atoms with Crippen molar-refractivity contribution >= 4 is 11.9 Å². The van der Waals surface area contributed by atoms with E-state index >= 15 is 0 Å². The minimum atomic E-state index is -5.08. The second-order valence-electron chi connectivity index (χ2n) is 4.65. The maximum atomic E-state index is 12.2. The lowest BCUT2D eigenvalue weighted by Gasteiger charge is -2.25. The van der Waals surface area contributed by atoms with Gasteiger partial charge in [-0.05, 0) is 19.3 Å². The molecule has 1 fully saturated rings. The molecule has 0 saturated heterocycles. The van der Waals surface area contributed by atoms with Crippen LogP contribution in [-0.2, 0) is 9.59 Å². The molecule has 1 amide bonds. The van der Waals surface area contributed by atoms with Crippen LogP contribution in [0.3, 0.4) is 0 Å². The zero-order valence-corrected chi connectivity index (χ0v) is 10.3. The number of rotatable bonds is 3. The van der Waals surface area contributed by atoms with Crippen molar-refractivity contribution in [2.24, 2.45) is 5.92 Å². The van der Waals surface area contributed by atoms with E-state index in [4.69, 9.17) is 5.11 Å². The Hall–Kier alpha value is -1.53. The smallest absolute Gasteiger partial charge is 0.471 e. The molecular formula is C12H16F3NO3. The van der Waals surface area contributed by atoms with Gasteiger partial charge in [0.15, 0.2) is 0 Å². The summed E-state index contributed by atoms with van der Waals surface area (Å²) in [5, 5.41) is 10.6. The number of carboxylic acid groups (broad SMARTS) is 1. The second-order valence-corrected chi connectivity index (χ2v) is 4.65. The van der Waals surface area contributed by atoms with Gasteiger partial charge in [-0.2, -0.15) is 13.2 Å². The SMILES string of the molecule is C=C1CCCCC[C@H]1[C@@H](NC(=O)C(F)(F)F)C(=O)O. The highest BCUT2D eigenvalue weighted by Crippen LogP contribution is 2.30. The van der Waals surface area contributed by atoms with Crippen LogP contribution in [0.2, 0.25) is 0 Å². The molecule has 7 heteroatoms. The second kappa shape index (κ2) is 6.08. The highest BCUT2D eigenvalue weighted by atomic mass is 19.4. The Kier molecular flexibility index (Phi) is 4.97. The van der Waals surface area contributed by atoms with E-state index in [1.807, 2.05) is 0 Å². The molecule has 0 unspecified atom stereocenters. The summed E-state index contributed by atoms with van der Waals surface area (Å²) in [6, 6.07) is -1.57. The third-order valence-electron chi connectivity index (χ3n) is 3.25. The molecule has 0 aromatic rings. The number of nitrogens with one attached hydrogen (secondary N) is 1. The number of hydrogen-bond donors (Lipinski definition) is 2. The van der Waals surface area contributed by atoms with Crippen LogP contribution in [0.5, 0.6) is 0 Å². The minimum absolute atomic E-state index is 0.425. The molecule has 2 N–H and O–H groups in total.